The van der Waals surface area contributed by atoms with Crippen molar-refractivity contribution in [3.8, 4) is 5.88 Å². The molecule has 2 aliphatic carbocycles. The van der Waals surface area contributed by atoms with Crippen LogP contribution in [0.3, 0.4) is 0 Å². The Morgan fingerprint density at radius 1 is 1.00 bits per heavy atom. The Hall–Kier alpha value is -5.76. The smallest absolute Gasteiger partial charge is 0.331 e. The van der Waals surface area contributed by atoms with Gasteiger partial charge in [-0.2, -0.15) is 0 Å². The fourth-order valence-corrected chi connectivity index (χ4v) is 6.20. The number of pyridine rings is 1. The molecule has 0 spiro atoms. The van der Waals surface area contributed by atoms with E-state index in [1.165, 1.54) is 16.1 Å². The van der Waals surface area contributed by atoms with Crippen LogP contribution in [0.1, 0.15) is 59.4 Å². The summed E-state index contributed by atoms with van der Waals surface area (Å²) in [6.45, 7) is 2.71. The van der Waals surface area contributed by atoms with Crippen molar-refractivity contribution in [2.45, 2.75) is 51.2 Å². The molecule has 50 heavy (non-hydrogen) atoms. The van der Waals surface area contributed by atoms with Crippen molar-refractivity contribution in [2.24, 2.45) is 5.92 Å². The number of fused-ring (bicyclic) bond motifs is 1. The number of carbonyl (C=O) groups is 3. The van der Waals surface area contributed by atoms with E-state index in [0.29, 0.717) is 47.6 Å². The van der Waals surface area contributed by atoms with Crippen LogP contribution in [0.2, 0.25) is 0 Å². The fourth-order valence-electron chi connectivity index (χ4n) is 6.20. The van der Waals surface area contributed by atoms with E-state index in [1.807, 2.05) is 66.2 Å². The largest absolute Gasteiger partial charge is 0.471 e. The zero-order valence-electron chi connectivity index (χ0n) is 27.4. The maximum atomic E-state index is 13.6. The van der Waals surface area contributed by atoms with E-state index >= 15 is 0 Å². The van der Waals surface area contributed by atoms with Crippen molar-refractivity contribution in [3.63, 3.8) is 0 Å². The standard InChI is InChI=1S/C36H35N9O5/c1-22-9-10-37-33(40-22)27-14-28(27)35(47)42-30-15-31(39-21-38-30)50-20-26-17-43-16-25(24-7-8-24)13-29(34(43)41-26)45-18-32(46)44(36(45)48)11-12-49-19-23-5-3-2-4-6-23/h2-6,9-10,13,15-17,21,24,27-28H,7-8,11-12,14,18-20H2,1H3,(H,38,39,42,47)/t27-,28-/m0/s1. The molecule has 14 heteroatoms. The Labute approximate surface area is 287 Å². The number of hydrogen-bond donors (Lipinski definition) is 1. The number of imide groups is 1. The van der Waals surface area contributed by atoms with Crippen molar-refractivity contribution in [3.05, 3.63) is 102 Å². The molecule has 0 bridgehead atoms. The van der Waals surface area contributed by atoms with Gasteiger partial charge in [-0.3, -0.25) is 19.4 Å². The summed E-state index contributed by atoms with van der Waals surface area (Å²) in [5.74, 6) is 1.01. The second-order valence-corrected chi connectivity index (χ2v) is 12.9. The molecule has 254 valence electrons. The summed E-state index contributed by atoms with van der Waals surface area (Å²) in [4.78, 5) is 64.2. The van der Waals surface area contributed by atoms with Crippen LogP contribution in [0.4, 0.5) is 16.3 Å². The molecule has 2 saturated carbocycles. The summed E-state index contributed by atoms with van der Waals surface area (Å²) in [5.41, 5.74) is 4.70. The zero-order chi connectivity index (χ0) is 34.2. The van der Waals surface area contributed by atoms with Gasteiger partial charge in [0.05, 0.1) is 31.1 Å². The third-order valence-corrected chi connectivity index (χ3v) is 9.10. The van der Waals surface area contributed by atoms with Gasteiger partial charge in [-0.15, -0.1) is 0 Å². The van der Waals surface area contributed by atoms with Crippen LogP contribution in [-0.4, -0.2) is 71.8 Å². The van der Waals surface area contributed by atoms with Crippen LogP contribution >= 0.6 is 0 Å². The Bertz CT molecular complexity index is 2080. The van der Waals surface area contributed by atoms with E-state index in [1.54, 1.807) is 12.3 Å². The molecule has 0 unspecified atom stereocenters. The Balaban J connectivity index is 0.926. The number of hydrogen-bond acceptors (Lipinski definition) is 10. The third kappa shape index (κ3) is 6.74. The Morgan fingerprint density at radius 2 is 1.86 bits per heavy atom. The predicted octanol–water partition coefficient (Wildman–Crippen LogP) is 4.41. The van der Waals surface area contributed by atoms with Crippen molar-refractivity contribution in [2.75, 3.05) is 29.9 Å². The number of aromatic nitrogens is 6. The highest BCUT2D eigenvalue weighted by Crippen LogP contribution is 2.46. The van der Waals surface area contributed by atoms with Crippen molar-refractivity contribution < 1.29 is 23.9 Å². The zero-order valence-corrected chi connectivity index (χ0v) is 27.4. The molecule has 8 rings (SSSR count). The average molecular weight is 674 g/mol. The number of benzene rings is 1. The summed E-state index contributed by atoms with van der Waals surface area (Å²) >= 11 is 0. The van der Waals surface area contributed by atoms with Gasteiger partial charge in [0.25, 0.3) is 5.91 Å². The highest BCUT2D eigenvalue weighted by atomic mass is 16.5. The van der Waals surface area contributed by atoms with E-state index in [-0.39, 0.29) is 55.8 Å². The molecule has 1 aromatic carbocycles. The number of amides is 4. The first-order valence-electron chi connectivity index (χ1n) is 16.7. The quantitative estimate of drug-likeness (QED) is 0.140. The fraction of sp³-hybridized carbons (Fsp3) is 0.333. The van der Waals surface area contributed by atoms with Crippen molar-refractivity contribution >= 4 is 35.0 Å². The monoisotopic (exact) mass is 673 g/mol. The van der Waals surface area contributed by atoms with Crippen LogP contribution in [0.25, 0.3) is 5.65 Å². The van der Waals surface area contributed by atoms with Crippen molar-refractivity contribution in [1.29, 1.82) is 0 Å². The lowest BCUT2D eigenvalue weighted by Crippen LogP contribution is -2.35. The lowest BCUT2D eigenvalue weighted by atomic mass is 10.1. The van der Waals surface area contributed by atoms with E-state index in [2.05, 4.69) is 25.3 Å². The molecule has 1 saturated heterocycles. The lowest BCUT2D eigenvalue weighted by Gasteiger charge is -2.18. The van der Waals surface area contributed by atoms with E-state index < -0.39 is 6.03 Å². The first-order valence-corrected chi connectivity index (χ1v) is 16.7. The third-order valence-electron chi connectivity index (χ3n) is 9.10. The molecular formula is C36H35N9O5. The van der Waals surface area contributed by atoms with Gasteiger partial charge in [0.1, 0.15) is 31.1 Å². The molecular weight excluding hydrogens is 638 g/mol. The minimum Gasteiger partial charge on any atom is -0.471 e. The van der Waals surface area contributed by atoms with Crippen molar-refractivity contribution in [1.82, 2.24) is 34.2 Å². The number of ether oxygens (including phenoxy) is 2. The van der Waals surface area contributed by atoms with Crippen LogP contribution in [0.5, 0.6) is 5.88 Å². The molecule has 0 radical (unpaired) electrons. The van der Waals surface area contributed by atoms with E-state index in [9.17, 15) is 14.4 Å². The first kappa shape index (κ1) is 31.5. The Kier molecular flexibility index (Phi) is 8.36. The highest BCUT2D eigenvalue weighted by Gasteiger charge is 2.46. The molecule has 14 nitrogen and oxygen atoms in total. The Morgan fingerprint density at radius 3 is 2.68 bits per heavy atom. The molecule has 5 heterocycles. The normalized spacial score (nSPS) is 18.6. The molecule has 4 amide bonds. The average Bonchev–Trinajstić information content (AvgIpc) is 4.05. The van der Waals surface area contributed by atoms with E-state index in [0.717, 1.165) is 29.7 Å². The number of nitrogens with zero attached hydrogens (tertiary/aromatic N) is 8. The number of nitrogens with one attached hydrogen (secondary N) is 1. The second-order valence-electron chi connectivity index (χ2n) is 12.9. The molecule has 1 aliphatic heterocycles. The molecule has 3 aliphatic rings. The number of urea groups is 1. The molecule has 4 aromatic heterocycles. The number of carbonyl (C=O) groups excluding carboxylic acids is 3. The van der Waals surface area contributed by atoms with Crippen LogP contribution in [-0.2, 0) is 27.5 Å². The number of imidazole rings is 1. The van der Waals surface area contributed by atoms with Crippen LogP contribution in [0.15, 0.2) is 73.4 Å². The lowest BCUT2D eigenvalue weighted by molar-refractivity contribution is -0.125. The highest BCUT2D eigenvalue weighted by molar-refractivity contribution is 6.13. The molecule has 5 aromatic rings. The molecule has 2 atom stereocenters. The SMILES string of the molecule is Cc1ccnc([C@H]2C[C@@H]2C(=O)Nc2cc(OCc3cn4cc(C5CC5)cc(N5CC(=O)N(CCOCc6ccccc6)C5=O)c4n3)ncn2)n1. The van der Waals surface area contributed by atoms with Gasteiger partial charge in [-0.1, -0.05) is 30.3 Å². The summed E-state index contributed by atoms with van der Waals surface area (Å²) < 4.78 is 13.6. The van der Waals surface area contributed by atoms with E-state index in [4.69, 9.17) is 14.5 Å². The number of aryl methyl sites for hydroxylation is 1. The van der Waals surface area contributed by atoms with Gasteiger partial charge in [0, 0.05) is 42.2 Å². The maximum absolute atomic E-state index is 13.6. The van der Waals surface area contributed by atoms with Crippen LogP contribution < -0.4 is 15.0 Å². The number of rotatable bonds is 13. The van der Waals surface area contributed by atoms with Gasteiger partial charge in [0.15, 0.2) is 5.65 Å². The maximum Gasteiger partial charge on any atom is 0.331 e. The molecule has 3 fully saturated rings. The second kappa shape index (κ2) is 13.3. The predicted molar refractivity (Wildman–Crippen MR) is 180 cm³/mol. The van der Waals surface area contributed by atoms with Gasteiger partial charge >= 0.3 is 6.03 Å². The minimum absolute atomic E-state index is 0.0104. The van der Waals surface area contributed by atoms with Gasteiger partial charge in [-0.25, -0.2) is 29.7 Å². The topological polar surface area (TPSA) is 157 Å². The van der Waals surface area contributed by atoms with Gasteiger partial charge < -0.3 is 19.2 Å². The van der Waals surface area contributed by atoms with Gasteiger partial charge in [0.2, 0.25) is 11.8 Å². The summed E-state index contributed by atoms with van der Waals surface area (Å²) in [6.07, 6.45) is 9.74. The summed E-state index contributed by atoms with van der Waals surface area (Å²) in [5, 5.41) is 2.85. The molecule has 1 N–H and O–H groups in total. The van der Waals surface area contributed by atoms with Crippen LogP contribution in [0, 0.1) is 12.8 Å². The van der Waals surface area contributed by atoms with Gasteiger partial charge in [-0.05, 0) is 55.4 Å². The summed E-state index contributed by atoms with van der Waals surface area (Å²) in [6, 6.07) is 14.7. The minimum atomic E-state index is -0.395. The number of anilines is 2. The summed E-state index contributed by atoms with van der Waals surface area (Å²) in [7, 11) is 0. The first-order chi connectivity index (χ1) is 24.4.